The third-order valence-electron chi connectivity index (χ3n) is 2.92. The van der Waals surface area contributed by atoms with Crippen molar-refractivity contribution in [3.05, 3.63) is 24.3 Å². The smallest absolute Gasteiger partial charge is 0.238 e. The molecule has 1 aromatic rings. The average Bonchev–Trinajstić information content (AvgIpc) is 2.28. The van der Waals surface area contributed by atoms with Crippen molar-refractivity contribution < 1.29 is 13.2 Å². The van der Waals surface area contributed by atoms with Crippen LogP contribution in [0.1, 0.15) is 27.2 Å². The molecule has 1 rings (SSSR count). The van der Waals surface area contributed by atoms with Gasteiger partial charge in [-0.3, -0.25) is 4.79 Å². The first-order chi connectivity index (χ1) is 8.16. The fourth-order valence-electron chi connectivity index (χ4n) is 1.21. The number of nitrogens with one attached hydrogen (secondary N) is 1. The molecule has 0 aliphatic heterocycles. The molecule has 0 radical (unpaired) electrons. The molecule has 0 atom stereocenters. The lowest BCUT2D eigenvalue weighted by molar-refractivity contribution is -0.124. The average molecular weight is 270 g/mol. The van der Waals surface area contributed by atoms with Gasteiger partial charge in [-0.2, -0.15) is 0 Å². The fourth-order valence-corrected chi connectivity index (χ4v) is 1.77. The van der Waals surface area contributed by atoms with Gasteiger partial charge >= 0.3 is 0 Å². The second-order valence-electron chi connectivity index (χ2n) is 4.76. The lowest BCUT2D eigenvalue weighted by Crippen LogP contribution is -2.30. The zero-order valence-corrected chi connectivity index (χ0v) is 11.5. The van der Waals surface area contributed by atoms with Gasteiger partial charge in [0.1, 0.15) is 0 Å². The number of benzene rings is 1. The quantitative estimate of drug-likeness (QED) is 0.872. The van der Waals surface area contributed by atoms with Crippen LogP contribution in [0.5, 0.6) is 0 Å². The predicted molar refractivity (Wildman–Crippen MR) is 70.5 cm³/mol. The van der Waals surface area contributed by atoms with Crippen molar-refractivity contribution in [1.29, 1.82) is 0 Å². The van der Waals surface area contributed by atoms with Gasteiger partial charge in [0, 0.05) is 11.1 Å². The highest BCUT2D eigenvalue weighted by Crippen LogP contribution is 2.23. The molecule has 5 nitrogen and oxygen atoms in total. The van der Waals surface area contributed by atoms with Gasteiger partial charge < -0.3 is 5.32 Å². The summed E-state index contributed by atoms with van der Waals surface area (Å²) in [4.78, 5) is 11.9. The van der Waals surface area contributed by atoms with E-state index in [1.54, 1.807) is 6.07 Å². The minimum atomic E-state index is -3.75. The Balaban J connectivity index is 2.97. The minimum absolute atomic E-state index is 0.0189. The number of hydrogen-bond donors (Lipinski definition) is 2. The third kappa shape index (κ3) is 3.54. The zero-order chi connectivity index (χ0) is 14.0. The maximum atomic E-state index is 11.9. The van der Waals surface area contributed by atoms with E-state index in [-0.39, 0.29) is 10.8 Å². The van der Waals surface area contributed by atoms with Crippen LogP contribution in [0.3, 0.4) is 0 Å². The number of rotatable bonds is 4. The van der Waals surface area contributed by atoms with Gasteiger partial charge in [-0.15, -0.1) is 0 Å². The summed E-state index contributed by atoms with van der Waals surface area (Å²) in [6.07, 6.45) is 0.688. The highest BCUT2D eigenvalue weighted by atomic mass is 32.2. The molecule has 0 aromatic heterocycles. The summed E-state index contributed by atoms with van der Waals surface area (Å²) in [6, 6.07) is 5.89. The lowest BCUT2D eigenvalue weighted by Gasteiger charge is -2.21. The normalized spacial score (nSPS) is 12.2. The van der Waals surface area contributed by atoms with Crippen LogP contribution >= 0.6 is 0 Å². The summed E-state index contributed by atoms with van der Waals surface area (Å²) in [7, 11) is -3.75. The Bertz CT molecular complexity index is 550. The molecular weight excluding hydrogens is 252 g/mol. The number of nitrogens with two attached hydrogens (primary N) is 1. The SMILES string of the molecule is CCC(C)(C)C(=O)Nc1cccc(S(N)(=O)=O)c1. The minimum Gasteiger partial charge on any atom is -0.326 e. The number of primary sulfonamides is 1. The second kappa shape index (κ2) is 5.07. The van der Waals surface area contributed by atoms with Crippen LogP contribution in [0.4, 0.5) is 5.69 Å². The van der Waals surface area contributed by atoms with E-state index < -0.39 is 15.4 Å². The van der Waals surface area contributed by atoms with E-state index in [4.69, 9.17) is 5.14 Å². The summed E-state index contributed by atoms with van der Waals surface area (Å²) in [5, 5.41) is 7.71. The van der Waals surface area contributed by atoms with Crippen molar-refractivity contribution in [1.82, 2.24) is 0 Å². The number of hydrogen-bond acceptors (Lipinski definition) is 3. The van der Waals surface area contributed by atoms with E-state index in [0.29, 0.717) is 12.1 Å². The van der Waals surface area contributed by atoms with Gasteiger partial charge in [-0.05, 0) is 24.6 Å². The zero-order valence-electron chi connectivity index (χ0n) is 10.7. The van der Waals surface area contributed by atoms with Gasteiger partial charge in [0.05, 0.1) is 4.90 Å². The van der Waals surface area contributed by atoms with Crippen LogP contribution in [-0.4, -0.2) is 14.3 Å². The Hall–Kier alpha value is -1.40. The Labute approximate surface area is 107 Å². The molecule has 6 heteroatoms. The van der Waals surface area contributed by atoms with E-state index in [0.717, 1.165) is 0 Å². The van der Waals surface area contributed by atoms with E-state index >= 15 is 0 Å². The van der Waals surface area contributed by atoms with E-state index in [9.17, 15) is 13.2 Å². The Morgan fingerprint density at radius 2 is 2.00 bits per heavy atom. The van der Waals surface area contributed by atoms with Crippen LogP contribution in [0.15, 0.2) is 29.2 Å². The molecule has 1 amide bonds. The predicted octanol–water partition coefficient (Wildman–Crippen LogP) is 1.71. The van der Waals surface area contributed by atoms with Crippen molar-refractivity contribution in [2.75, 3.05) is 5.32 Å². The number of amides is 1. The third-order valence-corrected chi connectivity index (χ3v) is 3.83. The van der Waals surface area contributed by atoms with Crippen LogP contribution in [0.25, 0.3) is 0 Å². The van der Waals surface area contributed by atoms with E-state index in [1.165, 1.54) is 18.2 Å². The summed E-state index contributed by atoms with van der Waals surface area (Å²) in [6.45, 7) is 5.57. The monoisotopic (exact) mass is 270 g/mol. The molecule has 0 aliphatic carbocycles. The molecule has 0 fully saturated rings. The first kappa shape index (κ1) is 14.7. The van der Waals surface area contributed by atoms with Crippen molar-refractivity contribution in [2.45, 2.75) is 32.1 Å². The molecule has 0 heterocycles. The molecule has 18 heavy (non-hydrogen) atoms. The van der Waals surface area contributed by atoms with Crippen LogP contribution in [0.2, 0.25) is 0 Å². The Morgan fingerprint density at radius 1 is 1.39 bits per heavy atom. The Kier molecular flexibility index (Phi) is 4.13. The maximum Gasteiger partial charge on any atom is 0.238 e. The maximum absolute atomic E-state index is 11.9. The molecule has 0 bridgehead atoms. The molecule has 0 saturated heterocycles. The molecule has 0 spiro atoms. The summed E-state index contributed by atoms with van der Waals surface area (Å²) in [5.41, 5.74) is -0.0783. The van der Waals surface area contributed by atoms with Crippen molar-refractivity contribution in [3.8, 4) is 0 Å². The van der Waals surface area contributed by atoms with Gasteiger partial charge in [-0.1, -0.05) is 26.8 Å². The standard InChI is InChI=1S/C12H18N2O3S/c1-4-12(2,3)11(15)14-9-6-5-7-10(8-9)18(13,16)17/h5-8H,4H2,1-3H3,(H,14,15)(H2,13,16,17). The van der Waals surface area contributed by atoms with Crippen molar-refractivity contribution in [2.24, 2.45) is 10.6 Å². The van der Waals surface area contributed by atoms with E-state index in [2.05, 4.69) is 5.32 Å². The van der Waals surface area contributed by atoms with Crippen LogP contribution in [0, 0.1) is 5.41 Å². The first-order valence-electron chi connectivity index (χ1n) is 5.61. The summed E-state index contributed by atoms with van der Waals surface area (Å²) < 4.78 is 22.4. The molecule has 0 unspecified atom stereocenters. The van der Waals surface area contributed by atoms with Crippen molar-refractivity contribution in [3.63, 3.8) is 0 Å². The number of carbonyl (C=O) groups excluding carboxylic acids is 1. The molecule has 0 saturated carbocycles. The molecule has 0 aliphatic rings. The topological polar surface area (TPSA) is 89.3 Å². The van der Waals surface area contributed by atoms with Gasteiger partial charge in [-0.25, -0.2) is 13.6 Å². The van der Waals surface area contributed by atoms with Gasteiger partial charge in [0.15, 0.2) is 0 Å². The number of carbonyl (C=O) groups is 1. The van der Waals surface area contributed by atoms with E-state index in [1.807, 2.05) is 20.8 Å². The molecule has 3 N–H and O–H groups in total. The van der Waals surface area contributed by atoms with Gasteiger partial charge in [0.2, 0.25) is 15.9 Å². The highest BCUT2D eigenvalue weighted by molar-refractivity contribution is 7.89. The van der Waals surface area contributed by atoms with Crippen LogP contribution < -0.4 is 10.5 Å². The summed E-state index contributed by atoms with van der Waals surface area (Å²) in [5.74, 6) is -0.156. The first-order valence-corrected chi connectivity index (χ1v) is 7.16. The molecule has 1 aromatic carbocycles. The second-order valence-corrected chi connectivity index (χ2v) is 6.33. The Morgan fingerprint density at radius 3 is 2.50 bits per heavy atom. The number of anilines is 1. The fraction of sp³-hybridized carbons (Fsp3) is 0.417. The van der Waals surface area contributed by atoms with Gasteiger partial charge in [0.25, 0.3) is 0 Å². The van der Waals surface area contributed by atoms with Crippen LogP contribution in [-0.2, 0) is 14.8 Å². The number of sulfonamides is 1. The highest BCUT2D eigenvalue weighted by Gasteiger charge is 2.25. The molecule has 100 valence electrons. The largest absolute Gasteiger partial charge is 0.326 e. The van der Waals surface area contributed by atoms with Crippen molar-refractivity contribution >= 4 is 21.6 Å². The lowest BCUT2D eigenvalue weighted by atomic mass is 9.89. The molecular formula is C12H18N2O3S. The summed E-state index contributed by atoms with van der Waals surface area (Å²) >= 11 is 0.